The van der Waals surface area contributed by atoms with E-state index in [2.05, 4.69) is 53.3 Å². The summed E-state index contributed by atoms with van der Waals surface area (Å²) in [7, 11) is 0. The van der Waals surface area contributed by atoms with E-state index in [1.54, 1.807) is 11.1 Å². The maximum absolute atomic E-state index is 4.30. The lowest BCUT2D eigenvalue weighted by atomic mass is 9.61. The fraction of sp³-hybridized carbons (Fsp3) is 0.760. The first kappa shape index (κ1) is 19.0. The third-order valence-electron chi connectivity index (χ3n) is 8.30. The first-order valence-electron chi connectivity index (χ1n) is 10.9. The van der Waals surface area contributed by atoms with Gasteiger partial charge in [0.2, 0.25) is 0 Å². The lowest BCUT2D eigenvalue weighted by molar-refractivity contribution is 0.0961. The second kappa shape index (κ2) is 7.45. The molecule has 0 aromatic carbocycles. The molecule has 2 unspecified atom stereocenters. The summed E-state index contributed by atoms with van der Waals surface area (Å²) in [5.41, 5.74) is 5.46. The molecule has 0 aromatic rings. The van der Waals surface area contributed by atoms with Crippen molar-refractivity contribution < 1.29 is 0 Å². The summed E-state index contributed by atoms with van der Waals surface area (Å²) in [5, 5.41) is 0. The van der Waals surface area contributed by atoms with Crippen molar-refractivity contribution in [2.45, 2.75) is 86.0 Å². The fourth-order valence-corrected chi connectivity index (χ4v) is 6.48. The maximum atomic E-state index is 4.30. The lowest BCUT2D eigenvalue weighted by Crippen LogP contribution is -2.35. The van der Waals surface area contributed by atoms with Gasteiger partial charge >= 0.3 is 0 Å². The van der Waals surface area contributed by atoms with Crippen molar-refractivity contribution in [2.24, 2.45) is 35.0 Å². The summed E-state index contributed by atoms with van der Waals surface area (Å²) in [6.07, 6.45) is 16.0. The molecule has 3 rings (SSSR count). The van der Waals surface area contributed by atoms with Crippen LogP contribution in [-0.2, 0) is 0 Å². The topological polar surface area (TPSA) is 0 Å². The fourth-order valence-electron chi connectivity index (χ4n) is 6.48. The van der Waals surface area contributed by atoms with Crippen molar-refractivity contribution in [1.82, 2.24) is 0 Å². The smallest absolute Gasteiger partial charge is 0.0143 e. The molecule has 0 aliphatic heterocycles. The van der Waals surface area contributed by atoms with Gasteiger partial charge in [-0.15, -0.1) is 0 Å². The number of hydrogen-bond donors (Lipinski definition) is 0. The molecule has 0 amide bonds. The largest absolute Gasteiger partial charge is 0.0993 e. The van der Waals surface area contributed by atoms with Crippen molar-refractivity contribution in [3.8, 4) is 0 Å². The zero-order chi connectivity index (χ0) is 18.2. The SMILES string of the molecule is C=C1[C@H](C)CC(=C/C=C2\CCC[C@@]3(C)C2CCC3[C@@H](C)CC)C[C@H]1C. The van der Waals surface area contributed by atoms with Gasteiger partial charge in [0.25, 0.3) is 0 Å². The van der Waals surface area contributed by atoms with E-state index in [-0.39, 0.29) is 0 Å². The summed E-state index contributed by atoms with van der Waals surface area (Å²) < 4.78 is 0. The summed E-state index contributed by atoms with van der Waals surface area (Å²) >= 11 is 0. The van der Waals surface area contributed by atoms with Crippen LogP contribution in [-0.4, -0.2) is 0 Å². The van der Waals surface area contributed by atoms with Gasteiger partial charge in [0.05, 0.1) is 0 Å². The summed E-state index contributed by atoms with van der Waals surface area (Å²) in [6, 6.07) is 0. The van der Waals surface area contributed by atoms with Crippen LogP contribution in [0.15, 0.2) is 35.5 Å². The molecule has 0 heterocycles. The van der Waals surface area contributed by atoms with Crippen LogP contribution < -0.4 is 0 Å². The van der Waals surface area contributed by atoms with Gasteiger partial charge in [0.1, 0.15) is 0 Å². The summed E-state index contributed by atoms with van der Waals surface area (Å²) in [5.74, 6) is 4.00. The highest BCUT2D eigenvalue weighted by Gasteiger charge is 2.50. The molecule has 0 saturated heterocycles. The molecule has 3 aliphatic carbocycles. The van der Waals surface area contributed by atoms with E-state index in [9.17, 15) is 0 Å². The van der Waals surface area contributed by atoms with Crippen LogP contribution in [0.3, 0.4) is 0 Å². The quantitative estimate of drug-likeness (QED) is 0.461. The third kappa shape index (κ3) is 3.56. The molecule has 3 aliphatic rings. The average molecular weight is 341 g/mol. The molecular weight excluding hydrogens is 300 g/mol. The van der Waals surface area contributed by atoms with E-state index in [4.69, 9.17) is 0 Å². The molecular formula is C25H40. The number of allylic oxidation sites excluding steroid dienone is 5. The Morgan fingerprint density at radius 3 is 2.48 bits per heavy atom. The first-order chi connectivity index (χ1) is 11.9. The maximum Gasteiger partial charge on any atom is -0.0143 e. The van der Waals surface area contributed by atoms with Gasteiger partial charge in [-0.2, -0.15) is 0 Å². The molecule has 0 spiro atoms. The van der Waals surface area contributed by atoms with Gasteiger partial charge in [0.15, 0.2) is 0 Å². The molecule has 6 atom stereocenters. The highest BCUT2D eigenvalue weighted by atomic mass is 14.5. The van der Waals surface area contributed by atoms with Crippen LogP contribution >= 0.6 is 0 Å². The van der Waals surface area contributed by atoms with E-state index in [0.717, 1.165) is 17.8 Å². The van der Waals surface area contributed by atoms with Crippen LogP contribution in [0.1, 0.15) is 86.0 Å². The Labute approximate surface area is 156 Å². The minimum Gasteiger partial charge on any atom is -0.0993 e. The van der Waals surface area contributed by atoms with Crippen molar-refractivity contribution in [3.05, 3.63) is 35.5 Å². The Hall–Kier alpha value is -0.780. The number of rotatable bonds is 3. The van der Waals surface area contributed by atoms with Gasteiger partial charge in [-0.1, -0.05) is 76.5 Å². The second-order valence-electron chi connectivity index (χ2n) is 9.83. The van der Waals surface area contributed by atoms with E-state index < -0.39 is 0 Å². The van der Waals surface area contributed by atoms with E-state index >= 15 is 0 Å². The molecule has 0 aromatic heterocycles. The van der Waals surface area contributed by atoms with Crippen molar-refractivity contribution in [1.29, 1.82) is 0 Å². The Morgan fingerprint density at radius 1 is 1.16 bits per heavy atom. The lowest BCUT2D eigenvalue weighted by Gasteiger charge is -2.44. The Balaban J connectivity index is 1.78. The normalized spacial score (nSPS) is 41.7. The van der Waals surface area contributed by atoms with Crippen LogP contribution in [0, 0.1) is 35.0 Å². The monoisotopic (exact) mass is 340 g/mol. The Kier molecular flexibility index (Phi) is 5.66. The summed E-state index contributed by atoms with van der Waals surface area (Å²) in [4.78, 5) is 0. The molecule has 0 bridgehead atoms. The molecule has 25 heavy (non-hydrogen) atoms. The predicted octanol–water partition coefficient (Wildman–Crippen LogP) is 7.72. The molecule has 0 radical (unpaired) electrons. The number of hydrogen-bond acceptors (Lipinski definition) is 0. The zero-order valence-corrected chi connectivity index (χ0v) is 17.4. The zero-order valence-electron chi connectivity index (χ0n) is 17.4. The van der Waals surface area contributed by atoms with Crippen LogP contribution in [0.2, 0.25) is 0 Å². The van der Waals surface area contributed by atoms with Gasteiger partial charge in [-0.25, -0.2) is 0 Å². The average Bonchev–Trinajstić information content (AvgIpc) is 2.94. The second-order valence-corrected chi connectivity index (χ2v) is 9.83. The standard InChI is InChI=1S/C25H40/c1-7-17(2)23-12-13-24-22(9-8-14-25(23,24)6)11-10-21-15-18(3)20(5)19(4)16-21/h10-11,17-19,23-24H,5,7-9,12-16H2,1-4,6H3/b22-11+/t17-,18+,19+,23?,24?,25+/m0/s1. The number of fused-ring (bicyclic) bond motifs is 1. The van der Waals surface area contributed by atoms with Gasteiger partial charge in [-0.3, -0.25) is 0 Å². The highest BCUT2D eigenvalue weighted by Crippen LogP contribution is 2.59. The van der Waals surface area contributed by atoms with E-state index in [1.165, 1.54) is 56.9 Å². The van der Waals surface area contributed by atoms with Crippen molar-refractivity contribution in [2.75, 3.05) is 0 Å². The first-order valence-corrected chi connectivity index (χ1v) is 10.9. The third-order valence-corrected chi connectivity index (χ3v) is 8.30. The molecule has 140 valence electrons. The predicted molar refractivity (Wildman–Crippen MR) is 110 cm³/mol. The van der Waals surface area contributed by atoms with Gasteiger partial charge in [0, 0.05) is 0 Å². The molecule has 0 heteroatoms. The van der Waals surface area contributed by atoms with Crippen molar-refractivity contribution >= 4 is 0 Å². The highest BCUT2D eigenvalue weighted by molar-refractivity contribution is 5.28. The summed E-state index contributed by atoms with van der Waals surface area (Å²) in [6.45, 7) is 16.5. The van der Waals surface area contributed by atoms with Crippen LogP contribution in [0.5, 0.6) is 0 Å². The molecule has 3 saturated carbocycles. The van der Waals surface area contributed by atoms with Crippen LogP contribution in [0.25, 0.3) is 0 Å². The van der Waals surface area contributed by atoms with Gasteiger partial charge < -0.3 is 0 Å². The van der Waals surface area contributed by atoms with Crippen LogP contribution in [0.4, 0.5) is 0 Å². The van der Waals surface area contributed by atoms with E-state index in [1.807, 2.05) is 0 Å². The Bertz CT molecular complexity index is 547. The van der Waals surface area contributed by atoms with E-state index in [0.29, 0.717) is 17.3 Å². The Morgan fingerprint density at radius 2 is 1.84 bits per heavy atom. The molecule has 3 fully saturated rings. The minimum absolute atomic E-state index is 0.569. The van der Waals surface area contributed by atoms with Gasteiger partial charge in [-0.05, 0) is 80.0 Å². The molecule has 0 nitrogen and oxygen atoms in total. The van der Waals surface area contributed by atoms with Crippen molar-refractivity contribution in [3.63, 3.8) is 0 Å². The molecule has 0 N–H and O–H groups in total. The minimum atomic E-state index is 0.569.